The van der Waals surface area contributed by atoms with Crippen molar-refractivity contribution in [3.63, 3.8) is 0 Å². The summed E-state index contributed by atoms with van der Waals surface area (Å²) in [5.74, 6) is -1.55. The zero-order valence-corrected chi connectivity index (χ0v) is 16.4. The minimum atomic E-state index is -0.938. The molecule has 0 saturated heterocycles. The molecule has 0 aliphatic carbocycles. The highest BCUT2D eigenvalue weighted by Gasteiger charge is 2.45. The molecular formula is C20H22N4O2S. The van der Waals surface area contributed by atoms with Crippen LogP contribution in [-0.2, 0) is 16.0 Å². The van der Waals surface area contributed by atoms with E-state index in [9.17, 15) is 20.1 Å². The zero-order chi connectivity index (χ0) is 20.0. The van der Waals surface area contributed by atoms with Crippen molar-refractivity contribution in [2.75, 3.05) is 6.54 Å². The highest BCUT2D eigenvalue weighted by Crippen LogP contribution is 2.42. The first-order chi connectivity index (χ1) is 12.8. The normalized spacial score (nSPS) is 19.4. The van der Waals surface area contributed by atoms with Crippen molar-refractivity contribution < 1.29 is 9.59 Å². The van der Waals surface area contributed by atoms with Crippen LogP contribution >= 0.6 is 11.8 Å². The summed E-state index contributed by atoms with van der Waals surface area (Å²) < 4.78 is 0. The predicted octanol–water partition coefficient (Wildman–Crippen LogP) is 2.50. The second-order valence-corrected chi connectivity index (χ2v) is 8.23. The Morgan fingerprint density at radius 2 is 2.00 bits per heavy atom. The van der Waals surface area contributed by atoms with Gasteiger partial charge in [-0.05, 0) is 18.9 Å². The Kier molecular flexibility index (Phi) is 6.65. The lowest BCUT2D eigenvalue weighted by Gasteiger charge is -2.35. The summed E-state index contributed by atoms with van der Waals surface area (Å²) in [6.07, 6.45) is 0.726. The van der Waals surface area contributed by atoms with Crippen molar-refractivity contribution in [3.05, 3.63) is 46.5 Å². The molecule has 0 aromatic heterocycles. The second-order valence-electron chi connectivity index (χ2n) is 6.88. The SMILES string of the molecule is C[C@H](SC1=C(C#N)C(C)(C)[C@H](C#N)C(=O)N1)C(=O)NCCc1ccccc1. The molecule has 0 fully saturated rings. The third-order valence-corrected chi connectivity index (χ3v) is 5.66. The maximum atomic E-state index is 12.4. The van der Waals surface area contributed by atoms with Gasteiger partial charge in [-0.2, -0.15) is 10.5 Å². The average molecular weight is 382 g/mol. The van der Waals surface area contributed by atoms with Crippen molar-refractivity contribution in [1.29, 1.82) is 10.5 Å². The number of hydrogen-bond acceptors (Lipinski definition) is 5. The van der Waals surface area contributed by atoms with Crippen LogP contribution in [0.5, 0.6) is 0 Å². The van der Waals surface area contributed by atoms with Crippen LogP contribution in [0.1, 0.15) is 26.3 Å². The van der Waals surface area contributed by atoms with E-state index in [2.05, 4.69) is 16.7 Å². The van der Waals surface area contributed by atoms with Crippen LogP contribution in [0.2, 0.25) is 0 Å². The van der Waals surface area contributed by atoms with Crippen molar-refractivity contribution in [3.8, 4) is 12.1 Å². The smallest absolute Gasteiger partial charge is 0.243 e. The van der Waals surface area contributed by atoms with Crippen LogP contribution in [0.3, 0.4) is 0 Å². The minimum Gasteiger partial charge on any atom is -0.355 e. The van der Waals surface area contributed by atoms with Crippen LogP contribution in [0, 0.1) is 34.0 Å². The lowest BCUT2D eigenvalue weighted by Crippen LogP contribution is -2.45. The molecule has 0 spiro atoms. The fraction of sp³-hybridized carbons (Fsp3) is 0.400. The van der Waals surface area contributed by atoms with Gasteiger partial charge in [-0.1, -0.05) is 55.9 Å². The number of nitrogens with one attached hydrogen (secondary N) is 2. The molecule has 2 rings (SSSR count). The molecule has 1 aliphatic rings. The number of carbonyl (C=O) groups excluding carboxylic acids is 2. The van der Waals surface area contributed by atoms with E-state index in [0.717, 1.165) is 23.7 Å². The molecule has 1 aromatic carbocycles. The number of hydrogen-bond donors (Lipinski definition) is 2. The number of nitriles is 2. The van der Waals surface area contributed by atoms with Gasteiger partial charge in [0, 0.05) is 12.0 Å². The number of benzene rings is 1. The first kappa shape index (κ1) is 20.5. The van der Waals surface area contributed by atoms with Crippen molar-refractivity contribution in [2.45, 2.75) is 32.4 Å². The van der Waals surface area contributed by atoms with Crippen molar-refractivity contribution in [2.24, 2.45) is 11.3 Å². The van der Waals surface area contributed by atoms with E-state index >= 15 is 0 Å². The molecule has 1 aliphatic heterocycles. The van der Waals surface area contributed by atoms with Gasteiger partial charge in [0.2, 0.25) is 11.8 Å². The Morgan fingerprint density at radius 3 is 2.59 bits per heavy atom. The Morgan fingerprint density at radius 1 is 1.33 bits per heavy atom. The number of thioether (sulfide) groups is 1. The van der Waals surface area contributed by atoms with Crippen molar-refractivity contribution in [1.82, 2.24) is 10.6 Å². The summed E-state index contributed by atoms with van der Waals surface area (Å²) in [5.41, 5.74) is 0.552. The fourth-order valence-electron chi connectivity index (χ4n) is 2.86. The number of rotatable bonds is 6. The topological polar surface area (TPSA) is 106 Å². The van der Waals surface area contributed by atoms with E-state index in [1.165, 1.54) is 0 Å². The van der Waals surface area contributed by atoms with E-state index in [-0.39, 0.29) is 5.91 Å². The molecule has 0 radical (unpaired) electrons. The third-order valence-electron chi connectivity index (χ3n) is 4.55. The monoisotopic (exact) mass is 382 g/mol. The summed E-state index contributed by atoms with van der Waals surface area (Å²) in [4.78, 5) is 24.6. The van der Waals surface area contributed by atoms with Gasteiger partial charge < -0.3 is 10.6 Å². The molecule has 1 heterocycles. The molecule has 0 saturated carbocycles. The maximum Gasteiger partial charge on any atom is 0.243 e. The minimum absolute atomic E-state index is 0.171. The van der Waals surface area contributed by atoms with E-state index in [4.69, 9.17) is 0 Å². The van der Waals surface area contributed by atoms with Gasteiger partial charge in [0.05, 0.1) is 28.0 Å². The highest BCUT2D eigenvalue weighted by atomic mass is 32.2. The average Bonchev–Trinajstić information content (AvgIpc) is 2.62. The Labute approximate surface area is 163 Å². The molecular weight excluding hydrogens is 360 g/mol. The van der Waals surface area contributed by atoms with Gasteiger partial charge in [0.1, 0.15) is 5.92 Å². The summed E-state index contributed by atoms with van der Waals surface area (Å²) in [6, 6.07) is 13.9. The largest absolute Gasteiger partial charge is 0.355 e. The van der Waals surface area contributed by atoms with Gasteiger partial charge in [-0.3, -0.25) is 9.59 Å². The maximum absolute atomic E-state index is 12.4. The van der Waals surface area contributed by atoms with E-state index in [0.29, 0.717) is 17.1 Å². The quantitative estimate of drug-likeness (QED) is 0.786. The molecule has 27 heavy (non-hydrogen) atoms. The predicted molar refractivity (Wildman–Crippen MR) is 104 cm³/mol. The van der Waals surface area contributed by atoms with E-state index in [1.54, 1.807) is 20.8 Å². The number of amides is 2. The molecule has 140 valence electrons. The molecule has 6 nitrogen and oxygen atoms in total. The van der Waals surface area contributed by atoms with Gasteiger partial charge in [0.15, 0.2) is 0 Å². The first-order valence-corrected chi connectivity index (χ1v) is 9.52. The van der Waals surface area contributed by atoms with Gasteiger partial charge in [0.25, 0.3) is 0 Å². The molecule has 7 heteroatoms. The van der Waals surface area contributed by atoms with Crippen LogP contribution in [0.25, 0.3) is 0 Å². The fourth-order valence-corrected chi connectivity index (χ4v) is 3.99. The summed E-state index contributed by atoms with van der Waals surface area (Å²) >= 11 is 1.13. The van der Waals surface area contributed by atoms with Crippen LogP contribution in [-0.4, -0.2) is 23.6 Å². The van der Waals surface area contributed by atoms with Gasteiger partial charge in [-0.15, -0.1) is 0 Å². The van der Waals surface area contributed by atoms with Crippen LogP contribution in [0.4, 0.5) is 0 Å². The number of carbonyl (C=O) groups is 2. The standard InChI is InChI=1S/C20H22N4O2S/c1-13(17(25)23-10-9-14-7-5-4-6-8-14)27-19-16(12-22)20(2,3)15(11-21)18(26)24-19/h4-8,13,15H,9-10H2,1-3H3,(H,23,25)(H,24,26)/t13-,15+/m0/s1. The first-order valence-electron chi connectivity index (χ1n) is 8.65. The molecule has 1 aromatic rings. The summed E-state index contributed by atoms with van der Waals surface area (Å²) in [5, 5.41) is 24.1. The van der Waals surface area contributed by atoms with Gasteiger partial charge >= 0.3 is 0 Å². The Balaban J connectivity index is 2.02. The molecule has 2 N–H and O–H groups in total. The van der Waals surface area contributed by atoms with Crippen LogP contribution < -0.4 is 10.6 Å². The molecule has 0 unspecified atom stereocenters. The highest BCUT2D eigenvalue weighted by molar-refractivity contribution is 8.04. The third kappa shape index (κ3) is 4.69. The molecule has 2 atom stereocenters. The number of allylic oxidation sites excluding steroid dienone is 1. The Bertz CT molecular complexity index is 834. The number of nitrogens with zero attached hydrogens (tertiary/aromatic N) is 2. The zero-order valence-electron chi connectivity index (χ0n) is 15.6. The lowest BCUT2D eigenvalue weighted by molar-refractivity contribution is -0.125. The van der Waals surface area contributed by atoms with E-state index in [1.807, 2.05) is 36.4 Å². The lowest BCUT2D eigenvalue weighted by atomic mass is 9.72. The second kappa shape index (κ2) is 8.75. The van der Waals surface area contributed by atoms with E-state index < -0.39 is 22.5 Å². The van der Waals surface area contributed by atoms with Crippen LogP contribution in [0.15, 0.2) is 40.9 Å². The molecule has 2 amide bonds. The Hall–Kier alpha value is -2.77. The summed E-state index contributed by atoms with van der Waals surface area (Å²) in [7, 11) is 0. The summed E-state index contributed by atoms with van der Waals surface area (Å²) in [6.45, 7) is 5.62. The van der Waals surface area contributed by atoms with Crippen molar-refractivity contribution >= 4 is 23.6 Å². The van der Waals surface area contributed by atoms with Gasteiger partial charge in [-0.25, -0.2) is 0 Å². The molecule has 0 bridgehead atoms.